The van der Waals surface area contributed by atoms with Crippen molar-refractivity contribution in [3.05, 3.63) is 194 Å². The van der Waals surface area contributed by atoms with Gasteiger partial charge in [0.2, 0.25) is 0 Å². The van der Waals surface area contributed by atoms with E-state index in [1.54, 1.807) is 0 Å². The third-order valence-corrected chi connectivity index (χ3v) is 15.5. The average molecular weight is 806 g/mol. The molecule has 290 valence electrons. The molecular formula is C60H32BN3. The summed E-state index contributed by atoms with van der Waals surface area (Å²) in [5.74, 6) is 0. The Morgan fingerprint density at radius 2 is 0.797 bits per heavy atom. The van der Waals surface area contributed by atoms with Crippen molar-refractivity contribution in [2.75, 3.05) is 0 Å². The molecule has 0 saturated heterocycles. The molecule has 1 aliphatic carbocycles. The van der Waals surface area contributed by atoms with Gasteiger partial charge in [0.05, 0.1) is 38.8 Å². The Labute approximate surface area is 366 Å². The van der Waals surface area contributed by atoms with E-state index in [0.717, 1.165) is 5.69 Å². The molecule has 17 rings (SSSR count). The van der Waals surface area contributed by atoms with E-state index in [0.29, 0.717) is 0 Å². The first-order valence-electron chi connectivity index (χ1n) is 22.5. The number of hydrogen-bond donors (Lipinski definition) is 0. The maximum absolute atomic E-state index is 2.67. The second-order valence-corrected chi connectivity index (χ2v) is 18.3. The van der Waals surface area contributed by atoms with Crippen LogP contribution in [0, 0.1) is 0 Å². The molecular weight excluding hydrogens is 773 g/mol. The van der Waals surface area contributed by atoms with Gasteiger partial charge < -0.3 is 13.7 Å². The van der Waals surface area contributed by atoms with Crippen LogP contribution in [0.15, 0.2) is 194 Å². The summed E-state index contributed by atoms with van der Waals surface area (Å²) in [7, 11) is 0. The van der Waals surface area contributed by atoms with Gasteiger partial charge in [-0.05, 0) is 107 Å². The Morgan fingerprint density at radius 1 is 0.297 bits per heavy atom. The Morgan fingerprint density at radius 3 is 1.56 bits per heavy atom. The highest BCUT2D eigenvalue weighted by Gasteiger charge is 2.43. The number of hydrogen-bond acceptors (Lipinski definition) is 0. The number of aromatic nitrogens is 3. The predicted octanol–water partition coefficient (Wildman–Crippen LogP) is 13.2. The van der Waals surface area contributed by atoms with Crippen LogP contribution >= 0.6 is 0 Å². The van der Waals surface area contributed by atoms with E-state index in [1.165, 1.54) is 148 Å². The maximum Gasteiger partial charge on any atom is 0.252 e. The fourth-order valence-corrected chi connectivity index (χ4v) is 13.2. The van der Waals surface area contributed by atoms with Crippen molar-refractivity contribution in [1.82, 2.24) is 13.7 Å². The minimum absolute atomic E-state index is 0.00371. The minimum atomic E-state index is 0.00371. The Hall–Kier alpha value is -8.34. The lowest BCUT2D eigenvalue weighted by molar-refractivity contribution is 1.10. The van der Waals surface area contributed by atoms with E-state index in [1.807, 2.05) is 0 Å². The molecule has 14 aromatic rings. The number of nitrogens with zero attached hydrogens (tertiary/aromatic N) is 3. The van der Waals surface area contributed by atoms with Crippen LogP contribution in [0.5, 0.6) is 0 Å². The highest BCUT2D eigenvalue weighted by molar-refractivity contribution is 7.00. The molecule has 11 aromatic carbocycles. The Balaban J connectivity index is 1.13. The molecule has 0 N–H and O–H groups in total. The van der Waals surface area contributed by atoms with Crippen LogP contribution in [0.1, 0.15) is 0 Å². The van der Waals surface area contributed by atoms with Crippen LogP contribution in [0.25, 0.3) is 137 Å². The van der Waals surface area contributed by atoms with Gasteiger partial charge in [-0.3, -0.25) is 0 Å². The minimum Gasteiger partial charge on any atom is -0.310 e. The predicted molar refractivity (Wildman–Crippen MR) is 271 cm³/mol. The molecule has 3 aliphatic rings. The van der Waals surface area contributed by atoms with Crippen molar-refractivity contribution in [2.45, 2.75) is 0 Å². The summed E-state index contributed by atoms with van der Waals surface area (Å²) in [6.45, 7) is 0.00371. The highest BCUT2D eigenvalue weighted by atomic mass is 15.1. The number of rotatable bonds is 1. The lowest BCUT2D eigenvalue weighted by Gasteiger charge is -2.35. The van der Waals surface area contributed by atoms with Crippen LogP contribution < -0.4 is 16.4 Å². The molecule has 2 aliphatic heterocycles. The fraction of sp³-hybridized carbons (Fsp3) is 0. The fourth-order valence-electron chi connectivity index (χ4n) is 13.2. The smallest absolute Gasteiger partial charge is 0.252 e. The highest BCUT2D eigenvalue weighted by Crippen LogP contribution is 2.51. The third-order valence-electron chi connectivity index (χ3n) is 15.5. The van der Waals surface area contributed by atoms with E-state index >= 15 is 0 Å². The van der Waals surface area contributed by atoms with Gasteiger partial charge in [0.25, 0.3) is 6.71 Å². The summed E-state index contributed by atoms with van der Waals surface area (Å²) in [6, 6.07) is 73.9. The van der Waals surface area contributed by atoms with Gasteiger partial charge in [-0.1, -0.05) is 158 Å². The standard InChI is InChI=1S/C60H32BN3/c1-3-16-37-33(13-1)27-28-50-54(37)43-20-7-9-24-47(43)62(50)36-31-51-58-52(32-36)64-49-26-12-23-42-40-19-6-5-18-39(40)41-22-11-15-35-30-46(60(64)57(53(35)41)56(42)49)61(58)45-29-34-14-2-4-17-38(34)55-44-21-8-10-25-48(44)63(51)59(45)55/h1-32H. The zero-order valence-corrected chi connectivity index (χ0v) is 34.4. The molecule has 0 fully saturated rings. The second kappa shape index (κ2) is 11.0. The molecule has 5 heterocycles. The van der Waals surface area contributed by atoms with Crippen LogP contribution in [0.4, 0.5) is 0 Å². The summed E-state index contributed by atoms with van der Waals surface area (Å²) >= 11 is 0. The van der Waals surface area contributed by atoms with E-state index in [2.05, 4.69) is 208 Å². The van der Waals surface area contributed by atoms with Gasteiger partial charge in [-0.2, -0.15) is 0 Å². The molecule has 3 nitrogen and oxygen atoms in total. The van der Waals surface area contributed by atoms with E-state index in [4.69, 9.17) is 0 Å². The van der Waals surface area contributed by atoms with Crippen LogP contribution in [-0.4, -0.2) is 20.4 Å². The topological polar surface area (TPSA) is 14.8 Å². The largest absolute Gasteiger partial charge is 0.310 e. The molecule has 0 saturated carbocycles. The molecule has 64 heavy (non-hydrogen) atoms. The first kappa shape index (κ1) is 32.4. The van der Waals surface area contributed by atoms with Crippen LogP contribution in [-0.2, 0) is 0 Å². The SMILES string of the molecule is c1ccc2c(c1)-c1cccc3cc4c5c(c13)c1c-2cccc1n5-c1cc(-n2c3ccccc3c3c5ccccc5ccc32)cc2c1B4c1cc3ccccc3c3c4ccccc4n-2c13. The van der Waals surface area contributed by atoms with E-state index in [9.17, 15) is 0 Å². The molecule has 0 radical (unpaired) electrons. The molecule has 0 amide bonds. The van der Waals surface area contributed by atoms with Gasteiger partial charge in [0.1, 0.15) is 0 Å². The molecule has 3 aromatic heterocycles. The molecule has 4 heteroatoms. The average Bonchev–Trinajstić information content (AvgIpc) is 3.98. The third kappa shape index (κ3) is 3.59. The lowest BCUT2D eigenvalue weighted by Crippen LogP contribution is -2.59. The molecule has 0 unspecified atom stereocenters. The van der Waals surface area contributed by atoms with Crippen molar-refractivity contribution in [3.8, 4) is 39.3 Å². The molecule has 0 bridgehead atoms. The number of para-hydroxylation sites is 2. The number of benzene rings is 11. The van der Waals surface area contributed by atoms with Crippen molar-refractivity contribution < 1.29 is 0 Å². The van der Waals surface area contributed by atoms with Crippen LogP contribution in [0.3, 0.4) is 0 Å². The van der Waals surface area contributed by atoms with Gasteiger partial charge in [-0.15, -0.1) is 0 Å². The first-order chi connectivity index (χ1) is 31.8. The summed E-state index contributed by atoms with van der Waals surface area (Å²) in [6.07, 6.45) is 0. The molecule has 0 atom stereocenters. The van der Waals surface area contributed by atoms with Crippen LogP contribution in [0.2, 0.25) is 0 Å². The quantitative estimate of drug-likeness (QED) is 0.147. The first-order valence-corrected chi connectivity index (χ1v) is 22.5. The maximum atomic E-state index is 2.67. The van der Waals surface area contributed by atoms with Gasteiger partial charge in [0, 0.05) is 43.7 Å². The lowest BCUT2D eigenvalue weighted by atomic mass is 9.34. The number of fused-ring (bicyclic) bond motifs is 18. The normalized spacial score (nSPS) is 13.3. The summed E-state index contributed by atoms with van der Waals surface area (Å²) in [5.41, 5.74) is 20.6. The Kier molecular flexibility index (Phi) is 5.56. The summed E-state index contributed by atoms with van der Waals surface area (Å²) in [5, 5.41) is 15.7. The van der Waals surface area contributed by atoms with Gasteiger partial charge >= 0.3 is 0 Å². The zero-order valence-electron chi connectivity index (χ0n) is 34.4. The zero-order chi connectivity index (χ0) is 41.1. The van der Waals surface area contributed by atoms with Gasteiger partial charge in [-0.25, -0.2) is 0 Å². The Bertz CT molecular complexity index is 4560. The second-order valence-electron chi connectivity index (χ2n) is 18.3. The summed E-state index contributed by atoms with van der Waals surface area (Å²) in [4.78, 5) is 0. The van der Waals surface area contributed by atoms with Crippen molar-refractivity contribution in [3.63, 3.8) is 0 Å². The summed E-state index contributed by atoms with van der Waals surface area (Å²) < 4.78 is 7.85. The van der Waals surface area contributed by atoms with Crippen molar-refractivity contribution >= 4 is 121 Å². The van der Waals surface area contributed by atoms with Crippen molar-refractivity contribution in [2.24, 2.45) is 0 Å². The monoisotopic (exact) mass is 805 g/mol. The van der Waals surface area contributed by atoms with E-state index in [-0.39, 0.29) is 6.71 Å². The molecule has 0 spiro atoms. The van der Waals surface area contributed by atoms with Crippen molar-refractivity contribution in [1.29, 1.82) is 0 Å². The van der Waals surface area contributed by atoms with E-state index < -0.39 is 0 Å². The van der Waals surface area contributed by atoms with Gasteiger partial charge in [0.15, 0.2) is 0 Å².